The molecule has 13 rings (SSSR count). The highest BCUT2D eigenvalue weighted by Crippen LogP contribution is 2.64. The lowest BCUT2D eigenvalue weighted by molar-refractivity contribution is -0.106. The van der Waals surface area contributed by atoms with Crippen LogP contribution in [0, 0.1) is 12.8 Å². The van der Waals surface area contributed by atoms with Crippen molar-refractivity contribution in [1.29, 1.82) is 0 Å². The van der Waals surface area contributed by atoms with Gasteiger partial charge in [0.1, 0.15) is 24.1 Å². The molecule has 4 aromatic rings. The van der Waals surface area contributed by atoms with Crippen molar-refractivity contribution in [2.45, 2.75) is 81.1 Å². The van der Waals surface area contributed by atoms with Crippen molar-refractivity contribution >= 4 is 11.3 Å². The standard InChI is InChI=1S/C62H53NO2/c1-40-17-15-28-53-60(40)49-27-12-11-26-48(49)51-37-58-59(38-52(51)61-45-22-16-34-62(53,61)39-45)65-57-36-44(31-33-56(57)64-58)47-25-13-14-29-54(47)63(46-23-9-4-10-24-46)55-32-30-43(41-18-5-2-6-19-41)35-50(55)42-20-7-3-8-21-42/h2-3,5-9,11-20,22-28,30-36,38,42,54,56-58,61H,4,10,21,29,37,39H2,1H3. The summed E-state index contributed by atoms with van der Waals surface area (Å²) in [5.74, 6) is 1.53. The van der Waals surface area contributed by atoms with Gasteiger partial charge in [-0.15, -0.1) is 0 Å². The average Bonchev–Trinajstić information content (AvgIpc) is 3.36. The Kier molecular flexibility index (Phi) is 9.24. The number of aryl methyl sites for hydroxylation is 1. The van der Waals surface area contributed by atoms with Crippen molar-refractivity contribution in [3.05, 3.63) is 250 Å². The van der Waals surface area contributed by atoms with Crippen LogP contribution >= 0.6 is 0 Å². The first-order valence-electron chi connectivity index (χ1n) is 23.9. The van der Waals surface area contributed by atoms with E-state index >= 15 is 0 Å². The number of rotatable bonds is 6. The Morgan fingerprint density at radius 1 is 0.738 bits per heavy atom. The molecule has 318 valence electrons. The number of hydrogen-bond acceptors (Lipinski definition) is 3. The van der Waals surface area contributed by atoms with Crippen molar-refractivity contribution in [1.82, 2.24) is 0 Å². The van der Waals surface area contributed by atoms with Gasteiger partial charge in [-0.05, 0) is 136 Å². The van der Waals surface area contributed by atoms with Crippen LogP contribution in [0.3, 0.4) is 0 Å². The van der Waals surface area contributed by atoms with E-state index in [-0.39, 0.29) is 41.6 Å². The molecule has 65 heavy (non-hydrogen) atoms. The molecule has 0 aromatic heterocycles. The highest BCUT2D eigenvalue weighted by atomic mass is 16.6. The Morgan fingerprint density at radius 3 is 2.49 bits per heavy atom. The van der Waals surface area contributed by atoms with E-state index in [1.54, 1.807) is 0 Å². The largest absolute Gasteiger partial charge is 0.485 e. The lowest BCUT2D eigenvalue weighted by Crippen LogP contribution is -2.49. The van der Waals surface area contributed by atoms with Gasteiger partial charge in [0.15, 0.2) is 0 Å². The van der Waals surface area contributed by atoms with Crippen LogP contribution in [-0.2, 0) is 14.9 Å². The van der Waals surface area contributed by atoms with Gasteiger partial charge in [-0.3, -0.25) is 0 Å². The second-order valence-electron chi connectivity index (χ2n) is 19.2. The van der Waals surface area contributed by atoms with E-state index in [1.165, 1.54) is 83.8 Å². The van der Waals surface area contributed by atoms with Gasteiger partial charge in [0.05, 0.1) is 6.04 Å². The van der Waals surface area contributed by atoms with Crippen LogP contribution < -0.4 is 4.90 Å². The summed E-state index contributed by atoms with van der Waals surface area (Å²) in [6.45, 7) is 2.28. The van der Waals surface area contributed by atoms with Crippen LogP contribution in [-0.4, -0.2) is 24.4 Å². The lowest BCUT2D eigenvalue weighted by Gasteiger charge is -2.56. The summed E-state index contributed by atoms with van der Waals surface area (Å²) in [5, 5.41) is 0. The fraction of sp³-hybridized carbons (Fsp3) is 0.226. The highest BCUT2D eigenvalue weighted by Gasteiger charge is 2.55. The third-order valence-electron chi connectivity index (χ3n) is 15.6. The zero-order valence-corrected chi connectivity index (χ0v) is 36.9. The maximum absolute atomic E-state index is 7.23. The van der Waals surface area contributed by atoms with Gasteiger partial charge in [0.2, 0.25) is 0 Å². The molecule has 8 aliphatic carbocycles. The van der Waals surface area contributed by atoms with E-state index in [9.17, 15) is 0 Å². The minimum absolute atomic E-state index is 0.0707. The summed E-state index contributed by atoms with van der Waals surface area (Å²) in [5.41, 5.74) is 20.0. The van der Waals surface area contributed by atoms with Crippen LogP contribution in [0.1, 0.15) is 66.7 Å². The monoisotopic (exact) mass is 843 g/mol. The smallest absolute Gasteiger partial charge is 0.147 e. The van der Waals surface area contributed by atoms with Gasteiger partial charge < -0.3 is 14.4 Å². The first-order valence-corrected chi connectivity index (χ1v) is 23.9. The molecule has 3 nitrogen and oxygen atoms in total. The molecule has 1 heterocycles. The van der Waals surface area contributed by atoms with Gasteiger partial charge >= 0.3 is 0 Å². The Morgan fingerprint density at radius 2 is 1.63 bits per heavy atom. The normalized spacial score (nSPS) is 28.5. The number of hydrogen-bond donors (Lipinski definition) is 0. The van der Waals surface area contributed by atoms with Gasteiger partial charge in [-0.1, -0.05) is 170 Å². The van der Waals surface area contributed by atoms with Crippen LogP contribution in [0.2, 0.25) is 0 Å². The second kappa shape index (κ2) is 15.5. The number of anilines is 1. The lowest BCUT2D eigenvalue weighted by atomic mass is 9.47. The van der Waals surface area contributed by atoms with Crippen molar-refractivity contribution in [2.24, 2.45) is 5.92 Å². The third kappa shape index (κ3) is 6.27. The molecule has 7 atom stereocenters. The first-order chi connectivity index (χ1) is 32.1. The Bertz CT molecular complexity index is 3040. The van der Waals surface area contributed by atoms with Crippen LogP contribution in [0.5, 0.6) is 0 Å². The predicted octanol–water partition coefficient (Wildman–Crippen LogP) is 14.4. The zero-order chi connectivity index (χ0) is 43.1. The van der Waals surface area contributed by atoms with Crippen molar-refractivity contribution < 1.29 is 9.47 Å². The topological polar surface area (TPSA) is 21.7 Å². The molecule has 3 heteroatoms. The summed E-state index contributed by atoms with van der Waals surface area (Å²) >= 11 is 0. The molecule has 0 N–H and O–H groups in total. The van der Waals surface area contributed by atoms with Crippen molar-refractivity contribution in [2.75, 3.05) is 4.90 Å². The number of benzene rings is 4. The van der Waals surface area contributed by atoms with Gasteiger partial charge in [0.25, 0.3) is 0 Å². The fourth-order valence-corrected chi connectivity index (χ4v) is 12.6. The van der Waals surface area contributed by atoms with Crippen LogP contribution in [0.4, 0.5) is 5.69 Å². The first kappa shape index (κ1) is 38.8. The third-order valence-corrected chi connectivity index (χ3v) is 15.6. The Hall–Kier alpha value is -6.68. The molecule has 1 aliphatic heterocycles. The number of allylic oxidation sites excluding steroid dienone is 16. The molecule has 9 aliphatic rings. The molecule has 1 saturated heterocycles. The zero-order valence-electron chi connectivity index (χ0n) is 36.9. The van der Waals surface area contributed by atoms with Crippen LogP contribution in [0.15, 0.2) is 228 Å². The minimum Gasteiger partial charge on any atom is -0.485 e. The molecular weight excluding hydrogens is 791 g/mol. The quantitative estimate of drug-likeness (QED) is 0.193. The predicted molar refractivity (Wildman–Crippen MR) is 266 cm³/mol. The summed E-state index contributed by atoms with van der Waals surface area (Å²) in [7, 11) is 0. The van der Waals surface area contributed by atoms with Crippen molar-refractivity contribution in [3.8, 4) is 22.3 Å². The summed E-state index contributed by atoms with van der Waals surface area (Å²) < 4.78 is 14.4. The fourth-order valence-electron chi connectivity index (χ4n) is 12.6. The Labute approximate surface area is 383 Å². The van der Waals surface area contributed by atoms with E-state index in [0.29, 0.717) is 0 Å². The van der Waals surface area contributed by atoms with E-state index < -0.39 is 0 Å². The van der Waals surface area contributed by atoms with Gasteiger partial charge in [-0.25, -0.2) is 0 Å². The molecule has 1 saturated carbocycles. The van der Waals surface area contributed by atoms with Crippen LogP contribution in [0.25, 0.3) is 27.8 Å². The number of ether oxygens (including phenoxy) is 2. The summed E-state index contributed by atoms with van der Waals surface area (Å²) in [6.07, 6.45) is 45.0. The highest BCUT2D eigenvalue weighted by molar-refractivity contribution is 5.91. The molecule has 2 bridgehead atoms. The minimum atomic E-state index is -0.229. The van der Waals surface area contributed by atoms with Gasteiger partial charge in [-0.2, -0.15) is 0 Å². The molecular formula is C62H53NO2. The van der Waals surface area contributed by atoms with Crippen molar-refractivity contribution in [3.63, 3.8) is 0 Å². The molecule has 0 radical (unpaired) electrons. The maximum Gasteiger partial charge on any atom is 0.147 e. The van der Waals surface area contributed by atoms with E-state index in [0.717, 1.165) is 44.3 Å². The summed E-state index contributed by atoms with van der Waals surface area (Å²) in [4.78, 5) is 2.65. The van der Waals surface area contributed by atoms with E-state index in [1.807, 2.05) is 0 Å². The van der Waals surface area contributed by atoms with E-state index in [4.69, 9.17) is 9.47 Å². The van der Waals surface area contributed by atoms with Gasteiger partial charge in [0, 0.05) is 35.1 Å². The maximum atomic E-state index is 7.23. The number of nitrogens with zero attached hydrogens (tertiary/aromatic N) is 1. The van der Waals surface area contributed by atoms with E-state index in [2.05, 4.69) is 206 Å². The summed E-state index contributed by atoms with van der Waals surface area (Å²) in [6, 6.07) is 34.1. The second-order valence-corrected chi connectivity index (χ2v) is 19.2. The molecule has 0 spiro atoms. The number of fused-ring (bicyclic) bond motifs is 6. The molecule has 7 unspecified atom stereocenters. The Balaban J connectivity index is 0.877. The molecule has 4 aromatic carbocycles. The average molecular weight is 844 g/mol. The molecule has 0 amide bonds. The molecule has 2 fully saturated rings. The SMILES string of the molecule is Cc1cccc2c1-c1ccccc1C1=C(C=C3OC4C=C(C5=CC=CCC5N(C5=CCCC=C5)c5ccc(-c6ccccc6)cc5C5C=CC=CC5)C=CC4OC3C1)C1C3=CC=CC21C3.